The van der Waals surface area contributed by atoms with E-state index in [1.54, 1.807) is 4.90 Å². The van der Waals surface area contributed by atoms with Gasteiger partial charge in [-0.1, -0.05) is 77.6 Å². The molecule has 0 aliphatic heterocycles. The van der Waals surface area contributed by atoms with Crippen LogP contribution in [-0.4, -0.2) is 59.8 Å². The number of rotatable bonds is 20. The Morgan fingerprint density at radius 3 is 1.86 bits per heavy atom. The second-order valence-corrected chi connectivity index (χ2v) is 7.31. The third kappa shape index (κ3) is 22.2. The van der Waals surface area contributed by atoms with Crippen molar-refractivity contribution in [1.29, 1.82) is 0 Å². The molecule has 0 bridgehead atoms. The zero-order chi connectivity index (χ0) is 20.2. The fourth-order valence-electron chi connectivity index (χ4n) is 3.12. The monoisotopic (exact) mass is 408 g/mol. The van der Waals surface area contributed by atoms with E-state index in [0.717, 1.165) is 12.8 Å². The Kier molecular flexibility index (Phi) is 24.8. The molecule has 0 aromatic heterocycles. The van der Waals surface area contributed by atoms with Gasteiger partial charge in [0.05, 0.1) is 19.7 Å². The largest absolute Gasteiger partial charge is 1.00 e. The predicted octanol–water partition coefficient (Wildman–Crippen LogP) is 0.219. The molecule has 7 heteroatoms. The van der Waals surface area contributed by atoms with Crippen molar-refractivity contribution in [3.8, 4) is 0 Å². The number of nitrogens with zero attached hydrogens (tertiary/aromatic N) is 2. The summed E-state index contributed by atoms with van der Waals surface area (Å²) in [6.07, 6.45) is 15.7. The number of aliphatic imine (C=N–C) groups is 1. The molecule has 0 fully saturated rings. The molecule has 28 heavy (non-hydrogen) atoms. The molecule has 0 heterocycles. The van der Waals surface area contributed by atoms with E-state index in [1.807, 2.05) is 0 Å². The normalized spacial score (nSPS) is 11.6. The topological polar surface area (TPSA) is 96.2 Å². The van der Waals surface area contributed by atoms with Crippen LogP contribution < -0.4 is 34.7 Å². The van der Waals surface area contributed by atoms with Crippen LogP contribution in [0.15, 0.2) is 4.99 Å². The van der Waals surface area contributed by atoms with Crippen molar-refractivity contribution in [1.82, 2.24) is 4.90 Å². The van der Waals surface area contributed by atoms with E-state index < -0.39 is 5.97 Å². The van der Waals surface area contributed by atoms with Gasteiger partial charge in [-0.2, -0.15) is 0 Å². The summed E-state index contributed by atoms with van der Waals surface area (Å²) >= 11 is 0. The first kappa shape index (κ1) is 30.1. The molecule has 2 N–H and O–H groups in total. The van der Waals surface area contributed by atoms with Crippen LogP contribution in [0.4, 0.5) is 0 Å². The number of carboxylic acids is 1. The van der Waals surface area contributed by atoms with Gasteiger partial charge in [0.15, 0.2) is 0 Å². The SMILES string of the molecule is CCCCCCCCCCCCCCC([O-])=NCCN(CCO)CC(=O)O.[Na+]. The van der Waals surface area contributed by atoms with Gasteiger partial charge in [-0.25, -0.2) is 0 Å². The van der Waals surface area contributed by atoms with E-state index in [1.165, 1.54) is 64.2 Å². The van der Waals surface area contributed by atoms with Crippen LogP contribution in [0.2, 0.25) is 0 Å². The van der Waals surface area contributed by atoms with Crippen molar-refractivity contribution in [2.75, 3.05) is 32.8 Å². The fraction of sp³-hybridized carbons (Fsp3) is 0.905. The summed E-state index contributed by atoms with van der Waals surface area (Å²) in [6.45, 7) is 2.98. The number of unbranched alkanes of at least 4 members (excludes halogenated alkanes) is 11. The quantitative estimate of drug-likeness (QED) is 0.130. The molecule has 0 rings (SSSR count). The molecule has 0 saturated heterocycles. The summed E-state index contributed by atoms with van der Waals surface area (Å²) < 4.78 is 0. The maximum atomic E-state index is 11.7. The Hall–Kier alpha value is -0.140. The molecule has 0 aromatic rings. The Balaban J connectivity index is 0. The molecule has 0 aromatic carbocycles. The summed E-state index contributed by atoms with van der Waals surface area (Å²) in [5, 5.41) is 29.4. The summed E-state index contributed by atoms with van der Waals surface area (Å²) in [6, 6.07) is 0. The molecule has 0 aliphatic rings. The molecular formula is C21H41N2NaO4. The van der Waals surface area contributed by atoms with Crippen LogP contribution in [0.1, 0.15) is 90.4 Å². The Labute approximate surface area is 194 Å². The molecule has 0 amide bonds. The van der Waals surface area contributed by atoms with Crippen molar-refractivity contribution in [3.63, 3.8) is 0 Å². The van der Waals surface area contributed by atoms with E-state index >= 15 is 0 Å². The van der Waals surface area contributed by atoms with E-state index in [4.69, 9.17) is 10.2 Å². The zero-order valence-corrected chi connectivity index (χ0v) is 20.3. The number of carboxylic acid groups (broad SMARTS) is 1. The van der Waals surface area contributed by atoms with Crippen LogP contribution in [0, 0.1) is 0 Å². The van der Waals surface area contributed by atoms with Crippen molar-refractivity contribution in [2.24, 2.45) is 4.99 Å². The van der Waals surface area contributed by atoms with E-state index in [2.05, 4.69) is 11.9 Å². The van der Waals surface area contributed by atoms with Crippen molar-refractivity contribution in [2.45, 2.75) is 90.4 Å². The van der Waals surface area contributed by atoms with Crippen molar-refractivity contribution in [3.05, 3.63) is 0 Å². The van der Waals surface area contributed by atoms with Crippen LogP contribution in [0.5, 0.6) is 0 Å². The first-order chi connectivity index (χ1) is 13.1. The van der Waals surface area contributed by atoms with Gasteiger partial charge in [-0.15, -0.1) is 0 Å². The molecule has 0 saturated carbocycles. The number of aliphatic carboxylic acids is 1. The Morgan fingerprint density at radius 2 is 1.39 bits per heavy atom. The molecule has 160 valence electrons. The van der Waals surface area contributed by atoms with Gasteiger partial charge in [0.25, 0.3) is 0 Å². The molecule has 0 radical (unpaired) electrons. The summed E-state index contributed by atoms with van der Waals surface area (Å²) in [5.41, 5.74) is 0. The molecule has 6 nitrogen and oxygen atoms in total. The number of aliphatic hydroxyl groups is 1. The second-order valence-electron chi connectivity index (χ2n) is 7.31. The first-order valence-electron chi connectivity index (χ1n) is 10.9. The summed E-state index contributed by atoms with van der Waals surface area (Å²) in [5.74, 6) is -1.03. The van der Waals surface area contributed by atoms with Crippen molar-refractivity contribution < 1.29 is 49.7 Å². The van der Waals surface area contributed by atoms with Gasteiger partial charge >= 0.3 is 35.5 Å². The maximum absolute atomic E-state index is 11.7. The van der Waals surface area contributed by atoms with Gasteiger partial charge < -0.3 is 20.3 Å². The number of hydrogen-bond acceptors (Lipinski definition) is 5. The van der Waals surface area contributed by atoms with Gasteiger partial charge in [0.1, 0.15) is 0 Å². The number of carbonyl (C=O) groups is 1. The summed E-state index contributed by atoms with van der Waals surface area (Å²) in [4.78, 5) is 16.3. The van der Waals surface area contributed by atoms with E-state index in [-0.39, 0.29) is 55.2 Å². The molecule has 0 spiro atoms. The number of hydrogen-bond donors (Lipinski definition) is 2. The third-order valence-electron chi connectivity index (χ3n) is 4.72. The standard InChI is InChI=1S/C21H42N2O4.Na/c1-2-3-4-5-6-7-8-9-10-11-12-13-14-20(25)22-15-16-23(17-18-24)19-21(26)27;/h24H,2-19H2,1H3,(H,22,25)(H,26,27);/q;+1/p-1. The first-order valence-corrected chi connectivity index (χ1v) is 10.9. The minimum atomic E-state index is -0.939. The Bertz CT molecular complexity index is 381. The molecule has 0 atom stereocenters. The summed E-state index contributed by atoms with van der Waals surface area (Å²) in [7, 11) is 0. The smallest absolute Gasteiger partial charge is 0.862 e. The van der Waals surface area contributed by atoms with Gasteiger partial charge in [0.2, 0.25) is 0 Å². The predicted molar refractivity (Wildman–Crippen MR) is 109 cm³/mol. The second kappa shape index (κ2) is 23.1. The minimum Gasteiger partial charge on any atom is -0.862 e. The Morgan fingerprint density at radius 1 is 0.893 bits per heavy atom. The van der Waals surface area contributed by atoms with Gasteiger partial charge in [-0.05, 0) is 18.7 Å². The minimum absolute atomic E-state index is 0. The average molecular weight is 409 g/mol. The van der Waals surface area contributed by atoms with Gasteiger partial charge in [0, 0.05) is 13.1 Å². The third-order valence-corrected chi connectivity index (χ3v) is 4.72. The van der Waals surface area contributed by atoms with Crippen LogP contribution in [-0.2, 0) is 4.79 Å². The van der Waals surface area contributed by atoms with Crippen LogP contribution in [0.3, 0.4) is 0 Å². The van der Waals surface area contributed by atoms with E-state index in [9.17, 15) is 9.90 Å². The van der Waals surface area contributed by atoms with Crippen LogP contribution in [0.25, 0.3) is 0 Å². The maximum Gasteiger partial charge on any atom is 1.00 e. The zero-order valence-electron chi connectivity index (χ0n) is 18.3. The molecule has 0 aliphatic carbocycles. The van der Waals surface area contributed by atoms with E-state index in [0.29, 0.717) is 19.5 Å². The average Bonchev–Trinajstić information content (AvgIpc) is 2.62. The van der Waals surface area contributed by atoms with Crippen molar-refractivity contribution >= 4 is 11.9 Å². The van der Waals surface area contributed by atoms with Crippen LogP contribution >= 0.6 is 0 Å². The molecule has 0 unspecified atom stereocenters. The van der Waals surface area contributed by atoms with Gasteiger partial charge in [-0.3, -0.25) is 9.69 Å². The number of aliphatic hydroxyl groups excluding tert-OH is 1. The fourth-order valence-corrected chi connectivity index (χ4v) is 3.12. The molecular weight excluding hydrogens is 367 g/mol.